The minimum Gasteiger partial charge on any atom is -0.480 e. The molecule has 0 spiro atoms. The molecule has 1 atom stereocenters. The first-order valence-corrected chi connectivity index (χ1v) is 6.93. The van der Waals surface area contributed by atoms with Gasteiger partial charge in [-0.2, -0.15) is 5.26 Å². The lowest BCUT2D eigenvalue weighted by molar-refractivity contribution is -0.136. The van der Waals surface area contributed by atoms with Gasteiger partial charge in [0.05, 0.1) is 17.4 Å². The van der Waals surface area contributed by atoms with Crippen LogP contribution in [0.4, 0.5) is 0 Å². The number of sulfone groups is 1. The van der Waals surface area contributed by atoms with Crippen LogP contribution in [-0.4, -0.2) is 24.7 Å². The van der Waals surface area contributed by atoms with Crippen molar-refractivity contribution in [2.75, 3.05) is 0 Å². The summed E-state index contributed by atoms with van der Waals surface area (Å²) in [5, 5.41) is 16.0. The van der Waals surface area contributed by atoms with Crippen molar-refractivity contribution in [3.8, 4) is 6.07 Å². The normalized spacial score (nSPS) is 12.7. The molecular formula is C12H13NO4S. The van der Waals surface area contributed by atoms with Crippen LogP contribution in [0.5, 0.6) is 0 Å². The fraction of sp³-hybridized carbons (Fsp3) is 0.333. The third kappa shape index (κ3) is 3.08. The minimum absolute atomic E-state index is 0.335. The van der Waals surface area contributed by atoms with E-state index in [1.54, 1.807) is 19.1 Å². The Kier molecular flexibility index (Phi) is 4.09. The SMILES string of the molecule is Cc1cc(C#N)ccc1CS(=O)(=O)C(C)C(=O)O. The first-order chi connectivity index (χ1) is 8.27. The maximum absolute atomic E-state index is 11.8. The number of carbonyl (C=O) groups is 1. The third-order valence-corrected chi connectivity index (χ3v) is 4.71. The monoisotopic (exact) mass is 267 g/mol. The molecule has 0 saturated carbocycles. The van der Waals surface area contributed by atoms with E-state index in [-0.39, 0.29) is 5.75 Å². The summed E-state index contributed by atoms with van der Waals surface area (Å²) in [5.74, 6) is -1.70. The average molecular weight is 267 g/mol. The summed E-state index contributed by atoms with van der Waals surface area (Å²) >= 11 is 0. The lowest BCUT2D eigenvalue weighted by Crippen LogP contribution is -2.28. The predicted molar refractivity (Wildman–Crippen MR) is 65.6 cm³/mol. The van der Waals surface area contributed by atoms with Gasteiger partial charge in [0.25, 0.3) is 0 Å². The zero-order valence-electron chi connectivity index (χ0n) is 10.0. The highest BCUT2D eigenvalue weighted by Gasteiger charge is 2.28. The Morgan fingerprint density at radius 1 is 1.50 bits per heavy atom. The Bertz CT molecular complexity index is 613. The van der Waals surface area contributed by atoms with Crippen molar-refractivity contribution in [3.05, 3.63) is 34.9 Å². The highest BCUT2D eigenvalue weighted by Crippen LogP contribution is 2.16. The molecule has 0 amide bonds. The molecule has 0 heterocycles. The quantitative estimate of drug-likeness (QED) is 0.885. The van der Waals surface area contributed by atoms with Crippen LogP contribution in [0, 0.1) is 18.3 Å². The molecule has 96 valence electrons. The second-order valence-corrected chi connectivity index (χ2v) is 6.36. The summed E-state index contributed by atoms with van der Waals surface area (Å²) in [4.78, 5) is 10.7. The van der Waals surface area contributed by atoms with E-state index in [4.69, 9.17) is 10.4 Å². The largest absolute Gasteiger partial charge is 0.480 e. The number of aryl methyl sites for hydroxylation is 1. The topological polar surface area (TPSA) is 95.2 Å². The first kappa shape index (κ1) is 14.2. The van der Waals surface area contributed by atoms with E-state index in [9.17, 15) is 13.2 Å². The summed E-state index contributed by atoms with van der Waals surface area (Å²) < 4.78 is 23.6. The first-order valence-electron chi connectivity index (χ1n) is 5.22. The Morgan fingerprint density at radius 2 is 2.11 bits per heavy atom. The second kappa shape index (κ2) is 5.19. The zero-order valence-corrected chi connectivity index (χ0v) is 10.9. The van der Waals surface area contributed by atoms with E-state index in [2.05, 4.69) is 0 Å². The van der Waals surface area contributed by atoms with Crippen LogP contribution < -0.4 is 0 Å². The highest BCUT2D eigenvalue weighted by molar-refractivity contribution is 7.91. The number of nitrogens with zero attached hydrogens (tertiary/aromatic N) is 1. The second-order valence-electron chi connectivity index (χ2n) is 4.04. The fourth-order valence-electron chi connectivity index (χ4n) is 1.42. The highest BCUT2D eigenvalue weighted by atomic mass is 32.2. The number of carboxylic acids is 1. The maximum atomic E-state index is 11.8. The van der Waals surface area contributed by atoms with Crippen LogP contribution in [-0.2, 0) is 20.4 Å². The third-order valence-electron chi connectivity index (χ3n) is 2.71. The summed E-state index contributed by atoms with van der Waals surface area (Å²) in [6, 6.07) is 6.59. The van der Waals surface area contributed by atoms with E-state index >= 15 is 0 Å². The van der Waals surface area contributed by atoms with E-state index in [1.165, 1.54) is 6.07 Å². The molecule has 1 rings (SSSR count). The molecule has 6 heteroatoms. The van der Waals surface area contributed by atoms with Gasteiger partial charge in [0, 0.05) is 0 Å². The number of hydrogen-bond donors (Lipinski definition) is 1. The zero-order chi connectivity index (χ0) is 13.9. The number of carboxylic acid groups (broad SMARTS) is 1. The van der Waals surface area contributed by atoms with Crippen LogP contribution in [0.25, 0.3) is 0 Å². The Hall–Kier alpha value is -1.87. The molecule has 1 unspecified atom stereocenters. The lowest BCUT2D eigenvalue weighted by Gasteiger charge is -2.10. The Morgan fingerprint density at radius 3 is 2.56 bits per heavy atom. The lowest BCUT2D eigenvalue weighted by atomic mass is 10.1. The van der Waals surface area contributed by atoms with Gasteiger partial charge in [-0.3, -0.25) is 4.79 Å². The molecule has 5 nitrogen and oxygen atoms in total. The molecule has 0 radical (unpaired) electrons. The Balaban J connectivity index is 3.06. The van der Waals surface area contributed by atoms with Crippen molar-refractivity contribution in [1.29, 1.82) is 5.26 Å². The van der Waals surface area contributed by atoms with E-state index in [0.29, 0.717) is 16.7 Å². The van der Waals surface area contributed by atoms with Crippen molar-refractivity contribution in [2.24, 2.45) is 0 Å². The van der Waals surface area contributed by atoms with Gasteiger partial charge >= 0.3 is 5.97 Å². The molecule has 0 fully saturated rings. The van der Waals surface area contributed by atoms with Gasteiger partial charge in [-0.1, -0.05) is 6.07 Å². The molecule has 0 aromatic heterocycles. The summed E-state index contributed by atoms with van der Waals surface area (Å²) in [7, 11) is -3.74. The van der Waals surface area contributed by atoms with Gasteiger partial charge in [-0.05, 0) is 37.1 Å². The number of aliphatic carboxylic acids is 1. The molecule has 18 heavy (non-hydrogen) atoms. The standard InChI is InChI=1S/C12H13NO4S/c1-8-5-10(6-13)3-4-11(8)7-18(16,17)9(2)12(14)15/h3-5,9H,7H2,1-2H3,(H,14,15). The molecule has 1 N–H and O–H groups in total. The van der Waals surface area contributed by atoms with Gasteiger partial charge in [0.2, 0.25) is 0 Å². The summed E-state index contributed by atoms with van der Waals surface area (Å²) in [5.41, 5.74) is 1.62. The van der Waals surface area contributed by atoms with E-state index in [0.717, 1.165) is 6.92 Å². The van der Waals surface area contributed by atoms with Gasteiger partial charge < -0.3 is 5.11 Å². The molecule has 0 saturated heterocycles. The van der Waals surface area contributed by atoms with Crippen molar-refractivity contribution in [3.63, 3.8) is 0 Å². The van der Waals surface area contributed by atoms with Crippen LogP contribution in [0.15, 0.2) is 18.2 Å². The average Bonchev–Trinajstić information content (AvgIpc) is 2.30. The maximum Gasteiger partial charge on any atom is 0.321 e. The van der Waals surface area contributed by atoms with E-state index < -0.39 is 21.1 Å². The number of benzene rings is 1. The van der Waals surface area contributed by atoms with Crippen LogP contribution in [0.2, 0.25) is 0 Å². The van der Waals surface area contributed by atoms with Crippen molar-refractivity contribution >= 4 is 15.8 Å². The Labute approximate surface area is 106 Å². The smallest absolute Gasteiger partial charge is 0.321 e. The van der Waals surface area contributed by atoms with Crippen molar-refractivity contribution in [2.45, 2.75) is 24.9 Å². The number of nitriles is 1. The fourth-order valence-corrected chi connectivity index (χ4v) is 2.74. The number of rotatable bonds is 4. The van der Waals surface area contributed by atoms with Gasteiger partial charge in [-0.15, -0.1) is 0 Å². The summed E-state index contributed by atoms with van der Waals surface area (Å²) in [6.07, 6.45) is 0. The molecule has 1 aromatic rings. The molecule has 1 aromatic carbocycles. The van der Waals surface area contributed by atoms with Crippen LogP contribution in [0.3, 0.4) is 0 Å². The molecule has 0 aliphatic rings. The van der Waals surface area contributed by atoms with Crippen LogP contribution in [0.1, 0.15) is 23.6 Å². The minimum atomic E-state index is -3.74. The van der Waals surface area contributed by atoms with Crippen molar-refractivity contribution in [1.82, 2.24) is 0 Å². The molecule has 0 aliphatic heterocycles. The molecule has 0 aliphatic carbocycles. The van der Waals surface area contributed by atoms with Gasteiger partial charge in [-0.25, -0.2) is 8.42 Å². The van der Waals surface area contributed by atoms with Gasteiger partial charge in [0.1, 0.15) is 0 Å². The molecule has 0 bridgehead atoms. The van der Waals surface area contributed by atoms with E-state index in [1.807, 2.05) is 6.07 Å². The number of hydrogen-bond acceptors (Lipinski definition) is 4. The van der Waals surface area contributed by atoms with Crippen LogP contribution >= 0.6 is 0 Å². The van der Waals surface area contributed by atoms with Gasteiger partial charge in [0.15, 0.2) is 15.1 Å². The predicted octanol–water partition coefficient (Wildman–Crippen LogP) is 1.25. The summed E-state index contributed by atoms with van der Waals surface area (Å²) in [6.45, 7) is 2.84. The molecular weight excluding hydrogens is 254 g/mol. The van der Waals surface area contributed by atoms with Crippen molar-refractivity contribution < 1.29 is 18.3 Å².